The van der Waals surface area contributed by atoms with Gasteiger partial charge in [0.2, 0.25) is 0 Å². The molecule has 0 aliphatic rings. The maximum Gasteiger partial charge on any atom is 0.333 e. The van der Waals surface area contributed by atoms with Crippen LogP contribution in [0.3, 0.4) is 0 Å². The summed E-state index contributed by atoms with van der Waals surface area (Å²) in [6.07, 6.45) is 3.16. The van der Waals surface area contributed by atoms with Gasteiger partial charge in [-0.1, -0.05) is 13.2 Å². The molecule has 0 aliphatic heterocycles. The van der Waals surface area contributed by atoms with Crippen molar-refractivity contribution < 1.29 is 24.5 Å². The Balaban J connectivity index is 3.87. The van der Waals surface area contributed by atoms with Crippen LogP contribution in [0.5, 0.6) is 0 Å². The van der Waals surface area contributed by atoms with E-state index in [-0.39, 0.29) is 18.3 Å². The molecule has 0 aliphatic carbocycles. The number of esters is 1. The zero-order valence-corrected chi connectivity index (χ0v) is 12.1. The molecule has 5 heteroatoms. The molecule has 0 aromatic carbocycles. The number of hydrogen-bond donors (Lipinski definition) is 2. The van der Waals surface area contributed by atoms with Crippen LogP contribution in [0.4, 0.5) is 0 Å². The highest BCUT2D eigenvalue weighted by Gasteiger charge is 2.13. The summed E-state index contributed by atoms with van der Waals surface area (Å²) in [6, 6.07) is 0. The van der Waals surface area contributed by atoms with Crippen molar-refractivity contribution in [2.24, 2.45) is 0 Å². The Morgan fingerprint density at radius 1 is 1.10 bits per heavy atom. The fourth-order valence-corrected chi connectivity index (χ4v) is 1.59. The number of carboxylic acids is 1. The van der Waals surface area contributed by atoms with Gasteiger partial charge in [0.05, 0.1) is 6.10 Å². The van der Waals surface area contributed by atoms with Crippen molar-refractivity contribution >= 4 is 11.9 Å². The van der Waals surface area contributed by atoms with Crippen molar-refractivity contribution in [2.45, 2.75) is 51.6 Å². The van der Waals surface area contributed by atoms with Crippen molar-refractivity contribution in [3.63, 3.8) is 0 Å². The molecule has 1 atom stereocenters. The van der Waals surface area contributed by atoms with E-state index in [0.29, 0.717) is 44.1 Å². The molecule has 0 amide bonds. The van der Waals surface area contributed by atoms with Gasteiger partial charge in [0.15, 0.2) is 0 Å². The molecule has 0 bridgehead atoms. The van der Waals surface area contributed by atoms with Crippen molar-refractivity contribution in [3.8, 4) is 0 Å². The van der Waals surface area contributed by atoms with Gasteiger partial charge in [-0.25, -0.2) is 9.59 Å². The van der Waals surface area contributed by atoms with E-state index in [1.807, 2.05) is 0 Å². The van der Waals surface area contributed by atoms with Crippen LogP contribution in [0.2, 0.25) is 0 Å². The highest BCUT2D eigenvalue weighted by atomic mass is 16.5. The van der Waals surface area contributed by atoms with E-state index in [9.17, 15) is 9.59 Å². The van der Waals surface area contributed by atoms with Crippen LogP contribution in [0.15, 0.2) is 24.3 Å². The lowest BCUT2D eigenvalue weighted by atomic mass is 10.1. The molecule has 0 rings (SSSR count). The first-order valence-corrected chi connectivity index (χ1v) is 6.79. The van der Waals surface area contributed by atoms with Gasteiger partial charge >= 0.3 is 11.9 Å². The van der Waals surface area contributed by atoms with Gasteiger partial charge in [0, 0.05) is 17.8 Å². The molecular weight excluding hydrogens is 260 g/mol. The third-order valence-corrected chi connectivity index (χ3v) is 2.88. The SMILES string of the molecule is C=C(CCCC(C)OC(=O)C(=C)CCCCO)C(=O)O. The van der Waals surface area contributed by atoms with Crippen LogP contribution >= 0.6 is 0 Å². The van der Waals surface area contributed by atoms with Crippen LogP contribution in [0, 0.1) is 0 Å². The molecule has 5 nitrogen and oxygen atoms in total. The molecule has 0 heterocycles. The fraction of sp³-hybridized carbons (Fsp3) is 0.600. The van der Waals surface area contributed by atoms with E-state index in [4.69, 9.17) is 14.9 Å². The number of unbranched alkanes of at least 4 members (excludes halogenated alkanes) is 1. The number of carboxylic acid groups (broad SMARTS) is 1. The Bertz CT molecular complexity index is 359. The zero-order valence-electron chi connectivity index (χ0n) is 12.1. The minimum absolute atomic E-state index is 0.103. The lowest BCUT2D eigenvalue weighted by Gasteiger charge is -2.14. The summed E-state index contributed by atoms with van der Waals surface area (Å²) in [5.74, 6) is -1.42. The molecule has 20 heavy (non-hydrogen) atoms. The molecule has 0 aromatic rings. The number of aliphatic hydroxyl groups excluding tert-OH is 1. The summed E-state index contributed by atoms with van der Waals surface area (Å²) >= 11 is 0. The summed E-state index contributed by atoms with van der Waals surface area (Å²) in [7, 11) is 0. The average Bonchev–Trinajstić information content (AvgIpc) is 2.38. The maximum absolute atomic E-state index is 11.7. The molecular formula is C15H24O5. The number of rotatable bonds is 11. The molecule has 0 fully saturated rings. The number of aliphatic carboxylic acids is 1. The van der Waals surface area contributed by atoms with E-state index in [0.717, 1.165) is 0 Å². The topological polar surface area (TPSA) is 83.8 Å². The van der Waals surface area contributed by atoms with E-state index in [2.05, 4.69) is 13.2 Å². The predicted molar refractivity (Wildman–Crippen MR) is 76.3 cm³/mol. The van der Waals surface area contributed by atoms with Crippen LogP contribution < -0.4 is 0 Å². The zero-order chi connectivity index (χ0) is 15.5. The lowest BCUT2D eigenvalue weighted by Crippen LogP contribution is -2.16. The summed E-state index contributed by atoms with van der Waals surface area (Å²) in [6.45, 7) is 8.97. The van der Waals surface area contributed by atoms with Gasteiger partial charge in [-0.3, -0.25) is 0 Å². The monoisotopic (exact) mass is 284 g/mol. The van der Waals surface area contributed by atoms with Gasteiger partial charge in [-0.2, -0.15) is 0 Å². The third kappa shape index (κ3) is 8.48. The fourth-order valence-electron chi connectivity index (χ4n) is 1.59. The maximum atomic E-state index is 11.7. The Labute approximate surface area is 119 Å². The van der Waals surface area contributed by atoms with E-state index >= 15 is 0 Å². The second-order valence-electron chi connectivity index (χ2n) is 4.80. The van der Waals surface area contributed by atoms with Crippen molar-refractivity contribution in [2.75, 3.05) is 6.61 Å². The number of aliphatic hydroxyl groups is 1. The Kier molecular flexibility index (Phi) is 9.38. The largest absolute Gasteiger partial charge is 0.478 e. The first-order chi connectivity index (χ1) is 9.38. The van der Waals surface area contributed by atoms with Crippen LogP contribution in [-0.4, -0.2) is 34.9 Å². The van der Waals surface area contributed by atoms with Gasteiger partial charge in [0.25, 0.3) is 0 Å². The van der Waals surface area contributed by atoms with E-state index < -0.39 is 11.9 Å². The van der Waals surface area contributed by atoms with Crippen LogP contribution in [0.25, 0.3) is 0 Å². The molecule has 114 valence electrons. The van der Waals surface area contributed by atoms with Gasteiger partial charge in [0.1, 0.15) is 0 Å². The highest BCUT2D eigenvalue weighted by molar-refractivity contribution is 5.87. The summed E-state index contributed by atoms with van der Waals surface area (Å²) in [5, 5.41) is 17.3. The smallest absolute Gasteiger partial charge is 0.333 e. The molecule has 2 N–H and O–H groups in total. The molecule has 0 saturated heterocycles. The Morgan fingerprint density at radius 2 is 1.70 bits per heavy atom. The molecule has 0 saturated carbocycles. The van der Waals surface area contributed by atoms with Crippen LogP contribution in [0.1, 0.15) is 45.4 Å². The molecule has 1 unspecified atom stereocenters. The quantitative estimate of drug-likeness (QED) is 0.346. The number of carbonyl (C=O) groups is 2. The first-order valence-electron chi connectivity index (χ1n) is 6.79. The lowest BCUT2D eigenvalue weighted by molar-refractivity contribution is -0.144. The van der Waals surface area contributed by atoms with Crippen molar-refractivity contribution in [1.82, 2.24) is 0 Å². The number of carbonyl (C=O) groups excluding carboxylic acids is 1. The normalized spacial score (nSPS) is 11.7. The number of ether oxygens (including phenoxy) is 1. The van der Waals surface area contributed by atoms with Crippen molar-refractivity contribution in [1.29, 1.82) is 0 Å². The Hall–Kier alpha value is -1.62. The second-order valence-corrected chi connectivity index (χ2v) is 4.80. The summed E-state index contributed by atoms with van der Waals surface area (Å²) < 4.78 is 5.21. The van der Waals surface area contributed by atoms with Gasteiger partial charge < -0.3 is 14.9 Å². The second kappa shape index (κ2) is 10.2. The van der Waals surface area contributed by atoms with Crippen LogP contribution in [-0.2, 0) is 14.3 Å². The standard InChI is InChI=1S/C15H24O5/c1-11(14(17)18)8-6-9-13(3)20-15(19)12(2)7-4-5-10-16/h13,16H,1-2,4-10H2,3H3,(H,17,18). The Morgan fingerprint density at radius 3 is 2.25 bits per heavy atom. The summed E-state index contributed by atoms with van der Waals surface area (Å²) in [5.41, 5.74) is 0.567. The van der Waals surface area contributed by atoms with E-state index in [1.165, 1.54) is 0 Å². The third-order valence-electron chi connectivity index (χ3n) is 2.88. The minimum atomic E-state index is -0.994. The molecule has 0 radical (unpaired) electrons. The van der Waals surface area contributed by atoms with E-state index in [1.54, 1.807) is 6.92 Å². The first kappa shape index (κ1) is 18.4. The van der Waals surface area contributed by atoms with Gasteiger partial charge in [-0.05, 0) is 45.4 Å². The minimum Gasteiger partial charge on any atom is -0.478 e. The average molecular weight is 284 g/mol. The molecule has 0 aromatic heterocycles. The molecule has 0 spiro atoms. The van der Waals surface area contributed by atoms with Gasteiger partial charge in [-0.15, -0.1) is 0 Å². The highest BCUT2D eigenvalue weighted by Crippen LogP contribution is 2.13. The predicted octanol–water partition coefficient (Wildman–Crippen LogP) is 2.45. The number of hydrogen-bond acceptors (Lipinski definition) is 4. The summed E-state index contributed by atoms with van der Waals surface area (Å²) in [4.78, 5) is 22.2. The van der Waals surface area contributed by atoms with Crippen molar-refractivity contribution in [3.05, 3.63) is 24.3 Å².